The fourth-order valence-electron chi connectivity index (χ4n) is 3.31. The number of benzene rings is 1. The van der Waals surface area contributed by atoms with E-state index >= 15 is 0 Å². The first-order valence-corrected chi connectivity index (χ1v) is 11.5. The number of ether oxygens (including phenoxy) is 1. The quantitative estimate of drug-likeness (QED) is 0.212. The van der Waals surface area contributed by atoms with Crippen LogP contribution in [0.4, 0.5) is 0 Å². The molecular weight excluding hydrogens is 420 g/mol. The Morgan fingerprint density at radius 3 is 2.52 bits per heavy atom. The van der Waals surface area contributed by atoms with Crippen molar-refractivity contribution in [3.05, 3.63) is 61.2 Å². The molecule has 0 aliphatic carbocycles. The Kier molecular flexibility index (Phi) is 14.2. The molecule has 182 valence electrons. The van der Waals surface area contributed by atoms with Crippen molar-refractivity contribution < 1.29 is 24.2 Å². The number of nitrogens with one attached hydrogen (secondary N) is 1. The molecule has 1 rings (SSSR count). The number of carbonyl (C=O) groups excluding carboxylic acids is 3. The summed E-state index contributed by atoms with van der Waals surface area (Å²) in [6.45, 7) is 9.63. The van der Waals surface area contributed by atoms with Gasteiger partial charge in [-0.25, -0.2) is 0 Å². The van der Waals surface area contributed by atoms with Gasteiger partial charge in [0.05, 0.1) is 19.1 Å². The standard InChI is InChI=1S/C26H38N2O5/c1-4-6-7-11-15-25(31)33-21(3)19-27-26(32)23(12-5-2)18-24(30)28(16-17-29)20-22-13-9-8-10-14-22/h4-5,8-10,13-14,21,23,29H,1-2,6-7,11-12,15-20H2,3H3,(H,27,32)/t21-,23-/m0/s1. The molecule has 7 heteroatoms. The lowest BCUT2D eigenvalue weighted by Crippen LogP contribution is -2.40. The van der Waals surface area contributed by atoms with Gasteiger partial charge in [-0.1, -0.05) is 42.5 Å². The molecule has 0 heterocycles. The van der Waals surface area contributed by atoms with Crippen LogP contribution in [-0.4, -0.2) is 53.6 Å². The molecule has 0 radical (unpaired) electrons. The van der Waals surface area contributed by atoms with Gasteiger partial charge in [-0.05, 0) is 38.2 Å². The van der Waals surface area contributed by atoms with Crippen LogP contribution >= 0.6 is 0 Å². The number of hydrogen-bond donors (Lipinski definition) is 2. The lowest BCUT2D eigenvalue weighted by Gasteiger charge is -2.24. The number of unbranched alkanes of at least 4 members (excludes halogenated alkanes) is 2. The minimum Gasteiger partial charge on any atom is -0.461 e. The van der Waals surface area contributed by atoms with Crippen molar-refractivity contribution in [2.75, 3.05) is 19.7 Å². The van der Waals surface area contributed by atoms with Gasteiger partial charge >= 0.3 is 5.97 Å². The number of carbonyl (C=O) groups is 3. The molecule has 2 atom stereocenters. The van der Waals surface area contributed by atoms with Crippen LogP contribution in [0.1, 0.15) is 51.0 Å². The van der Waals surface area contributed by atoms with Gasteiger partial charge in [-0.2, -0.15) is 0 Å². The SMILES string of the molecule is C=CCCCCC(=O)O[C@@H](C)CNC(=O)[C@@H](CC=C)CC(=O)N(CCO)Cc1ccccc1. The van der Waals surface area contributed by atoms with Crippen LogP contribution in [0.15, 0.2) is 55.6 Å². The molecule has 2 N–H and O–H groups in total. The number of esters is 1. The minimum absolute atomic E-state index is 0.00214. The number of amides is 2. The molecule has 0 saturated carbocycles. The lowest BCUT2D eigenvalue weighted by atomic mass is 9.99. The average Bonchev–Trinajstić information content (AvgIpc) is 2.80. The Morgan fingerprint density at radius 2 is 1.88 bits per heavy atom. The van der Waals surface area contributed by atoms with Crippen molar-refractivity contribution in [3.8, 4) is 0 Å². The highest BCUT2D eigenvalue weighted by molar-refractivity contribution is 5.86. The van der Waals surface area contributed by atoms with E-state index in [0.717, 1.165) is 24.8 Å². The summed E-state index contributed by atoms with van der Waals surface area (Å²) in [6, 6.07) is 9.50. The maximum absolute atomic E-state index is 12.9. The van der Waals surface area contributed by atoms with Crippen molar-refractivity contribution in [1.29, 1.82) is 0 Å². The van der Waals surface area contributed by atoms with Gasteiger partial charge in [0.25, 0.3) is 0 Å². The second kappa shape index (κ2) is 16.7. The summed E-state index contributed by atoms with van der Waals surface area (Å²) in [6.07, 6.45) is 6.13. The highest BCUT2D eigenvalue weighted by Gasteiger charge is 2.24. The van der Waals surface area contributed by atoms with Crippen molar-refractivity contribution in [3.63, 3.8) is 0 Å². The Morgan fingerprint density at radius 1 is 1.15 bits per heavy atom. The molecule has 0 spiro atoms. The normalized spacial score (nSPS) is 12.3. The third-order valence-electron chi connectivity index (χ3n) is 5.12. The van der Waals surface area contributed by atoms with E-state index in [9.17, 15) is 19.5 Å². The predicted octanol–water partition coefficient (Wildman–Crippen LogP) is 3.38. The summed E-state index contributed by atoms with van der Waals surface area (Å²) in [5.41, 5.74) is 0.948. The molecule has 0 saturated heterocycles. The molecule has 0 aromatic heterocycles. The van der Waals surface area contributed by atoms with Gasteiger partial charge in [-0.3, -0.25) is 14.4 Å². The first-order valence-electron chi connectivity index (χ1n) is 11.5. The summed E-state index contributed by atoms with van der Waals surface area (Å²) in [5, 5.41) is 12.2. The second-order valence-corrected chi connectivity index (χ2v) is 8.03. The Bertz CT molecular complexity index is 750. The molecule has 7 nitrogen and oxygen atoms in total. The Labute approximate surface area is 197 Å². The van der Waals surface area contributed by atoms with Crippen LogP contribution in [0, 0.1) is 5.92 Å². The minimum atomic E-state index is -0.589. The number of aliphatic hydroxyl groups excluding tert-OH is 1. The zero-order chi connectivity index (χ0) is 24.5. The van der Waals surface area contributed by atoms with Crippen LogP contribution in [0.3, 0.4) is 0 Å². The van der Waals surface area contributed by atoms with Gasteiger partial charge < -0.3 is 20.1 Å². The van der Waals surface area contributed by atoms with Gasteiger partial charge in [0.15, 0.2) is 0 Å². The molecule has 0 aliphatic heterocycles. The third kappa shape index (κ3) is 12.0. The van der Waals surface area contributed by atoms with E-state index in [-0.39, 0.29) is 43.9 Å². The van der Waals surface area contributed by atoms with E-state index in [2.05, 4.69) is 18.5 Å². The molecule has 0 aliphatic rings. The largest absolute Gasteiger partial charge is 0.461 e. The lowest BCUT2D eigenvalue weighted by molar-refractivity contribution is -0.148. The zero-order valence-corrected chi connectivity index (χ0v) is 19.7. The molecular formula is C26H38N2O5. The van der Waals surface area contributed by atoms with Gasteiger partial charge in [0, 0.05) is 25.9 Å². The van der Waals surface area contributed by atoms with Crippen LogP contribution in [0.2, 0.25) is 0 Å². The third-order valence-corrected chi connectivity index (χ3v) is 5.12. The summed E-state index contributed by atoms with van der Waals surface area (Å²) in [4.78, 5) is 39.0. The molecule has 0 unspecified atom stereocenters. The molecule has 0 fully saturated rings. The number of allylic oxidation sites excluding steroid dienone is 2. The molecule has 1 aromatic carbocycles. The molecule has 33 heavy (non-hydrogen) atoms. The molecule has 0 bridgehead atoms. The number of rotatable bonds is 17. The zero-order valence-electron chi connectivity index (χ0n) is 19.7. The maximum Gasteiger partial charge on any atom is 0.306 e. The van der Waals surface area contributed by atoms with Gasteiger partial charge in [0.1, 0.15) is 6.10 Å². The van der Waals surface area contributed by atoms with Gasteiger partial charge in [-0.15, -0.1) is 13.2 Å². The fourth-order valence-corrected chi connectivity index (χ4v) is 3.31. The van der Waals surface area contributed by atoms with Crippen molar-refractivity contribution in [2.45, 2.75) is 58.1 Å². The predicted molar refractivity (Wildman–Crippen MR) is 129 cm³/mol. The number of nitrogens with zero attached hydrogens (tertiary/aromatic N) is 1. The van der Waals surface area contributed by atoms with Crippen LogP contribution in [0.5, 0.6) is 0 Å². The topological polar surface area (TPSA) is 95.9 Å². The van der Waals surface area contributed by atoms with E-state index in [0.29, 0.717) is 19.4 Å². The highest BCUT2D eigenvalue weighted by Crippen LogP contribution is 2.14. The Hall–Kier alpha value is -2.93. The van der Waals surface area contributed by atoms with E-state index in [1.807, 2.05) is 36.4 Å². The summed E-state index contributed by atoms with van der Waals surface area (Å²) < 4.78 is 5.34. The molecule has 2 amide bonds. The number of aliphatic hydroxyl groups is 1. The van der Waals surface area contributed by atoms with Crippen molar-refractivity contribution in [1.82, 2.24) is 10.2 Å². The summed E-state index contributed by atoms with van der Waals surface area (Å²) >= 11 is 0. The first-order chi connectivity index (χ1) is 15.9. The van der Waals surface area contributed by atoms with Crippen LogP contribution < -0.4 is 5.32 Å². The monoisotopic (exact) mass is 458 g/mol. The second-order valence-electron chi connectivity index (χ2n) is 8.03. The van der Waals surface area contributed by atoms with E-state index < -0.39 is 12.0 Å². The maximum atomic E-state index is 12.9. The van der Waals surface area contributed by atoms with Crippen molar-refractivity contribution >= 4 is 17.8 Å². The summed E-state index contributed by atoms with van der Waals surface area (Å²) in [7, 11) is 0. The smallest absolute Gasteiger partial charge is 0.306 e. The first kappa shape index (κ1) is 28.1. The van der Waals surface area contributed by atoms with E-state index in [1.165, 1.54) is 0 Å². The van der Waals surface area contributed by atoms with Crippen molar-refractivity contribution in [2.24, 2.45) is 5.92 Å². The van der Waals surface area contributed by atoms with E-state index in [4.69, 9.17) is 4.74 Å². The highest BCUT2D eigenvalue weighted by atomic mass is 16.5. The van der Waals surface area contributed by atoms with Gasteiger partial charge in [0.2, 0.25) is 11.8 Å². The number of hydrogen-bond acceptors (Lipinski definition) is 5. The fraction of sp³-hybridized carbons (Fsp3) is 0.500. The molecule has 1 aromatic rings. The van der Waals surface area contributed by atoms with Crippen LogP contribution in [-0.2, 0) is 25.7 Å². The summed E-state index contributed by atoms with van der Waals surface area (Å²) in [5.74, 6) is -1.39. The van der Waals surface area contributed by atoms with Crippen LogP contribution in [0.25, 0.3) is 0 Å². The average molecular weight is 459 g/mol. The Balaban J connectivity index is 2.57. The van der Waals surface area contributed by atoms with E-state index in [1.54, 1.807) is 17.9 Å².